The van der Waals surface area contributed by atoms with E-state index in [0.29, 0.717) is 29.4 Å². The van der Waals surface area contributed by atoms with Crippen molar-refractivity contribution in [2.24, 2.45) is 0 Å². The molecule has 0 aliphatic carbocycles. The summed E-state index contributed by atoms with van der Waals surface area (Å²) >= 11 is 0. The lowest BCUT2D eigenvalue weighted by Crippen LogP contribution is -2.42. The molecule has 0 N–H and O–H groups in total. The zero-order chi connectivity index (χ0) is 17.4. The van der Waals surface area contributed by atoms with Gasteiger partial charge in [0.25, 0.3) is 5.91 Å². The lowest BCUT2D eigenvalue weighted by atomic mass is 10.2. The van der Waals surface area contributed by atoms with E-state index in [4.69, 9.17) is 9.15 Å². The van der Waals surface area contributed by atoms with Crippen molar-refractivity contribution in [1.29, 1.82) is 0 Å². The highest BCUT2D eigenvalue weighted by Crippen LogP contribution is 2.32. The Labute approximate surface area is 143 Å². The number of ether oxygens (including phenoxy) is 1. The third-order valence-electron chi connectivity index (χ3n) is 3.99. The molecule has 0 bridgehead atoms. The predicted octanol–water partition coefficient (Wildman–Crippen LogP) is 3.91. The van der Waals surface area contributed by atoms with E-state index in [1.54, 1.807) is 47.5 Å². The second-order valence-electron chi connectivity index (χ2n) is 5.84. The van der Waals surface area contributed by atoms with Gasteiger partial charge in [-0.2, -0.15) is 0 Å². The molecule has 1 aliphatic heterocycles. The molecule has 1 aromatic carbocycles. The normalized spacial score (nSPS) is 16.2. The van der Waals surface area contributed by atoms with Gasteiger partial charge in [-0.1, -0.05) is 0 Å². The minimum Gasteiger partial charge on any atom is -0.471 e. The SMILES string of the molecule is C[C@@H]1CN(C(=O)c2ccc(-c3ccc(F)cc3)o2)c2cccnc2O1. The van der Waals surface area contributed by atoms with E-state index < -0.39 is 0 Å². The van der Waals surface area contributed by atoms with E-state index >= 15 is 0 Å². The van der Waals surface area contributed by atoms with Gasteiger partial charge in [-0.05, 0) is 55.5 Å². The van der Waals surface area contributed by atoms with Crippen LogP contribution < -0.4 is 9.64 Å². The van der Waals surface area contributed by atoms with Crippen LogP contribution in [0.5, 0.6) is 5.88 Å². The third-order valence-corrected chi connectivity index (χ3v) is 3.99. The van der Waals surface area contributed by atoms with Crippen molar-refractivity contribution in [2.75, 3.05) is 11.4 Å². The minimum absolute atomic E-state index is 0.169. The number of benzene rings is 1. The molecular formula is C19H15FN2O3. The highest BCUT2D eigenvalue weighted by molar-refractivity contribution is 6.05. The molecule has 1 atom stereocenters. The van der Waals surface area contributed by atoms with Crippen LogP contribution in [0.25, 0.3) is 11.3 Å². The van der Waals surface area contributed by atoms with E-state index in [1.807, 2.05) is 6.92 Å². The lowest BCUT2D eigenvalue weighted by molar-refractivity contribution is 0.0933. The molecule has 5 nitrogen and oxygen atoms in total. The molecule has 25 heavy (non-hydrogen) atoms. The molecule has 1 aliphatic rings. The summed E-state index contributed by atoms with van der Waals surface area (Å²) in [6.07, 6.45) is 1.46. The van der Waals surface area contributed by atoms with Crippen molar-refractivity contribution in [1.82, 2.24) is 4.98 Å². The number of halogens is 1. The number of amides is 1. The average Bonchev–Trinajstić information content (AvgIpc) is 3.11. The fourth-order valence-corrected chi connectivity index (χ4v) is 2.81. The van der Waals surface area contributed by atoms with Crippen LogP contribution in [0.1, 0.15) is 17.5 Å². The van der Waals surface area contributed by atoms with E-state index in [2.05, 4.69) is 4.98 Å². The number of carbonyl (C=O) groups excluding carboxylic acids is 1. The number of nitrogens with zero attached hydrogens (tertiary/aromatic N) is 2. The largest absolute Gasteiger partial charge is 0.471 e. The summed E-state index contributed by atoms with van der Waals surface area (Å²) in [5.41, 5.74) is 1.32. The van der Waals surface area contributed by atoms with Crippen molar-refractivity contribution in [3.8, 4) is 17.2 Å². The Bertz CT molecular complexity index is 920. The Hall–Kier alpha value is -3.15. The van der Waals surface area contributed by atoms with Crippen LogP contribution >= 0.6 is 0 Å². The first-order chi connectivity index (χ1) is 12.1. The zero-order valence-electron chi connectivity index (χ0n) is 13.5. The number of hydrogen-bond donors (Lipinski definition) is 0. The molecule has 1 amide bonds. The number of hydrogen-bond acceptors (Lipinski definition) is 4. The van der Waals surface area contributed by atoms with Crippen LogP contribution in [-0.2, 0) is 0 Å². The maximum atomic E-state index is 13.0. The molecule has 3 aromatic rings. The van der Waals surface area contributed by atoms with Crippen LogP contribution in [-0.4, -0.2) is 23.5 Å². The van der Waals surface area contributed by atoms with Crippen LogP contribution in [0.4, 0.5) is 10.1 Å². The van der Waals surface area contributed by atoms with Crippen molar-refractivity contribution in [3.05, 3.63) is 66.3 Å². The van der Waals surface area contributed by atoms with Crippen LogP contribution in [0, 0.1) is 5.82 Å². The number of rotatable bonds is 2. The smallest absolute Gasteiger partial charge is 0.294 e. The maximum absolute atomic E-state index is 13.0. The fourth-order valence-electron chi connectivity index (χ4n) is 2.81. The summed E-state index contributed by atoms with van der Waals surface area (Å²) in [7, 11) is 0. The third kappa shape index (κ3) is 2.87. The predicted molar refractivity (Wildman–Crippen MR) is 90.1 cm³/mol. The van der Waals surface area contributed by atoms with Crippen molar-refractivity contribution in [2.45, 2.75) is 13.0 Å². The number of anilines is 1. The number of carbonyl (C=O) groups is 1. The van der Waals surface area contributed by atoms with Crippen LogP contribution in [0.3, 0.4) is 0 Å². The number of furan rings is 1. The van der Waals surface area contributed by atoms with Crippen LogP contribution in [0.15, 0.2) is 59.1 Å². The molecule has 2 aromatic heterocycles. The van der Waals surface area contributed by atoms with Gasteiger partial charge in [-0.15, -0.1) is 0 Å². The molecule has 126 valence electrons. The molecule has 4 rings (SSSR count). The van der Waals surface area contributed by atoms with Gasteiger partial charge in [0.15, 0.2) is 5.76 Å². The number of pyridine rings is 1. The Balaban J connectivity index is 1.65. The Morgan fingerprint density at radius 1 is 1.20 bits per heavy atom. The number of aromatic nitrogens is 1. The monoisotopic (exact) mass is 338 g/mol. The number of fused-ring (bicyclic) bond motifs is 1. The lowest BCUT2D eigenvalue weighted by Gasteiger charge is -2.31. The quantitative estimate of drug-likeness (QED) is 0.711. The van der Waals surface area contributed by atoms with Gasteiger partial charge in [-0.3, -0.25) is 9.69 Å². The van der Waals surface area contributed by atoms with Crippen LogP contribution in [0.2, 0.25) is 0 Å². The summed E-state index contributed by atoms with van der Waals surface area (Å²) in [5, 5.41) is 0. The van der Waals surface area contributed by atoms with Gasteiger partial charge in [-0.25, -0.2) is 9.37 Å². The minimum atomic E-state index is -0.321. The topological polar surface area (TPSA) is 55.6 Å². The summed E-state index contributed by atoms with van der Waals surface area (Å²) in [6.45, 7) is 2.29. The summed E-state index contributed by atoms with van der Waals surface area (Å²) in [4.78, 5) is 18.7. The van der Waals surface area contributed by atoms with E-state index in [1.165, 1.54) is 12.1 Å². The molecule has 6 heteroatoms. The zero-order valence-corrected chi connectivity index (χ0v) is 13.5. The van der Waals surface area contributed by atoms with Gasteiger partial charge in [0.2, 0.25) is 5.88 Å². The molecule has 0 saturated carbocycles. The van der Waals surface area contributed by atoms with E-state index in [0.717, 1.165) is 0 Å². The molecule has 3 heterocycles. The van der Waals surface area contributed by atoms with Crippen molar-refractivity contribution < 1.29 is 18.3 Å². The van der Waals surface area contributed by atoms with Gasteiger partial charge in [0.1, 0.15) is 23.4 Å². The maximum Gasteiger partial charge on any atom is 0.294 e. The molecule has 0 saturated heterocycles. The second kappa shape index (κ2) is 6.05. The first-order valence-corrected chi connectivity index (χ1v) is 7.91. The molecule has 0 unspecified atom stereocenters. The fraction of sp³-hybridized carbons (Fsp3) is 0.158. The van der Waals surface area contributed by atoms with E-state index in [9.17, 15) is 9.18 Å². The molecule has 0 spiro atoms. The summed E-state index contributed by atoms with van der Waals surface area (Å²) < 4.78 is 24.4. The van der Waals surface area contributed by atoms with Gasteiger partial charge < -0.3 is 9.15 Å². The summed E-state index contributed by atoms with van der Waals surface area (Å²) in [5.74, 6) is 0.565. The summed E-state index contributed by atoms with van der Waals surface area (Å²) in [6, 6.07) is 12.8. The van der Waals surface area contributed by atoms with Gasteiger partial charge >= 0.3 is 0 Å². The van der Waals surface area contributed by atoms with Crippen molar-refractivity contribution >= 4 is 11.6 Å². The Morgan fingerprint density at radius 2 is 2.00 bits per heavy atom. The average molecular weight is 338 g/mol. The molecule has 0 fully saturated rings. The Kier molecular flexibility index (Phi) is 3.72. The van der Waals surface area contributed by atoms with Gasteiger partial charge in [0, 0.05) is 11.8 Å². The van der Waals surface area contributed by atoms with Gasteiger partial charge in [0.05, 0.1) is 6.54 Å². The van der Waals surface area contributed by atoms with E-state index in [-0.39, 0.29) is 23.6 Å². The first-order valence-electron chi connectivity index (χ1n) is 7.91. The standard InChI is InChI=1S/C19H15FN2O3/c1-12-11-22(15-3-2-10-21-18(15)24-12)19(23)17-9-8-16(25-17)13-4-6-14(20)7-5-13/h2-10,12H,11H2,1H3/t12-/m1/s1. The Morgan fingerprint density at radius 3 is 2.80 bits per heavy atom. The highest BCUT2D eigenvalue weighted by Gasteiger charge is 2.30. The molecular weight excluding hydrogens is 323 g/mol. The second-order valence-corrected chi connectivity index (χ2v) is 5.84. The highest BCUT2D eigenvalue weighted by atomic mass is 19.1. The molecule has 0 radical (unpaired) electrons. The first kappa shape index (κ1) is 15.4. The van der Waals surface area contributed by atoms with Crippen molar-refractivity contribution in [3.63, 3.8) is 0 Å².